The third-order valence-electron chi connectivity index (χ3n) is 4.27. The van der Waals surface area contributed by atoms with Crippen LogP contribution < -0.4 is 0 Å². The minimum Gasteiger partial charge on any atom is -0.376 e. The Morgan fingerprint density at radius 3 is 2.00 bits per heavy atom. The predicted octanol–water partition coefficient (Wildman–Crippen LogP) is 4.32. The van der Waals surface area contributed by atoms with Crippen LogP contribution in [-0.2, 0) is 15.0 Å². The molecular formula is C18H17F2N3O2. The van der Waals surface area contributed by atoms with E-state index in [1.807, 2.05) is 0 Å². The summed E-state index contributed by atoms with van der Waals surface area (Å²) in [5.41, 5.74) is 9.26. The second-order valence-electron chi connectivity index (χ2n) is 5.84. The van der Waals surface area contributed by atoms with Gasteiger partial charge in [0.1, 0.15) is 17.2 Å². The Morgan fingerprint density at radius 2 is 1.56 bits per heavy atom. The Morgan fingerprint density at radius 1 is 1.00 bits per heavy atom. The molecule has 1 unspecified atom stereocenters. The summed E-state index contributed by atoms with van der Waals surface area (Å²) in [5, 5.41) is 4.05. The molecule has 25 heavy (non-hydrogen) atoms. The van der Waals surface area contributed by atoms with E-state index in [4.69, 9.17) is 9.47 Å². The average molecular weight is 345 g/mol. The van der Waals surface area contributed by atoms with Gasteiger partial charge in [0.05, 0.1) is 25.9 Å². The van der Waals surface area contributed by atoms with E-state index in [0.29, 0.717) is 37.4 Å². The first-order chi connectivity index (χ1) is 12.1. The summed E-state index contributed by atoms with van der Waals surface area (Å²) >= 11 is 0. The van der Waals surface area contributed by atoms with Crippen molar-refractivity contribution in [3.63, 3.8) is 0 Å². The minimum atomic E-state index is -1.15. The Kier molecular flexibility index (Phi) is 5.28. The molecule has 5 nitrogen and oxygen atoms in total. The van der Waals surface area contributed by atoms with Crippen LogP contribution in [0.4, 0.5) is 8.78 Å². The highest BCUT2D eigenvalue weighted by molar-refractivity contribution is 5.39. The van der Waals surface area contributed by atoms with Gasteiger partial charge < -0.3 is 9.47 Å². The molecule has 1 fully saturated rings. The molecule has 1 aliphatic heterocycles. The zero-order chi connectivity index (χ0) is 17.7. The number of hydrogen-bond donors (Lipinski definition) is 0. The van der Waals surface area contributed by atoms with Crippen LogP contribution in [0.3, 0.4) is 0 Å². The molecule has 1 saturated heterocycles. The molecule has 0 amide bonds. The molecule has 130 valence electrons. The van der Waals surface area contributed by atoms with Gasteiger partial charge in [0, 0.05) is 4.91 Å². The normalized spacial score (nSPS) is 17.8. The number of halogens is 2. The Labute approximate surface area is 143 Å². The van der Waals surface area contributed by atoms with Gasteiger partial charge >= 0.3 is 0 Å². The molecule has 0 spiro atoms. The molecule has 2 aromatic rings. The molecular weight excluding hydrogens is 328 g/mol. The van der Waals surface area contributed by atoms with Crippen LogP contribution in [0.25, 0.3) is 10.4 Å². The second kappa shape index (κ2) is 7.61. The van der Waals surface area contributed by atoms with Gasteiger partial charge in [-0.05, 0) is 47.3 Å². The molecule has 0 radical (unpaired) electrons. The highest BCUT2D eigenvalue weighted by Crippen LogP contribution is 2.39. The van der Waals surface area contributed by atoms with Crippen molar-refractivity contribution < 1.29 is 18.3 Å². The summed E-state index contributed by atoms with van der Waals surface area (Å²) in [6, 6.07) is 11.5. The number of azide groups is 1. The largest absolute Gasteiger partial charge is 0.376 e. The van der Waals surface area contributed by atoms with E-state index < -0.39 is 17.2 Å². The van der Waals surface area contributed by atoms with Crippen molar-refractivity contribution >= 4 is 0 Å². The van der Waals surface area contributed by atoms with Crippen LogP contribution in [0.5, 0.6) is 0 Å². The van der Waals surface area contributed by atoms with E-state index in [-0.39, 0.29) is 6.10 Å². The van der Waals surface area contributed by atoms with Gasteiger partial charge in [0.15, 0.2) is 0 Å². The van der Waals surface area contributed by atoms with E-state index in [1.54, 1.807) is 24.3 Å². The van der Waals surface area contributed by atoms with Crippen LogP contribution in [0, 0.1) is 11.6 Å². The Balaban J connectivity index is 2.10. The summed E-state index contributed by atoms with van der Waals surface area (Å²) in [4.78, 5) is 3.01. The molecule has 0 saturated carbocycles. The Bertz CT molecular complexity index is 707. The zero-order valence-corrected chi connectivity index (χ0v) is 13.4. The van der Waals surface area contributed by atoms with Gasteiger partial charge in [-0.2, -0.15) is 0 Å². The fourth-order valence-electron chi connectivity index (χ4n) is 3.07. The highest BCUT2D eigenvalue weighted by Gasteiger charge is 2.37. The van der Waals surface area contributed by atoms with Crippen LogP contribution in [0.2, 0.25) is 0 Å². The third kappa shape index (κ3) is 3.79. The lowest BCUT2D eigenvalue weighted by Gasteiger charge is -2.35. The SMILES string of the molecule is [N-]=[N+]=NC(CC1COCCO1)(c1ccc(F)cc1)c1ccc(F)cc1. The van der Waals surface area contributed by atoms with Crippen LogP contribution in [0.1, 0.15) is 17.5 Å². The van der Waals surface area contributed by atoms with Gasteiger partial charge in [0.2, 0.25) is 0 Å². The number of ether oxygens (including phenoxy) is 2. The molecule has 2 aromatic carbocycles. The van der Waals surface area contributed by atoms with E-state index in [2.05, 4.69) is 10.0 Å². The first kappa shape index (κ1) is 17.4. The first-order valence-corrected chi connectivity index (χ1v) is 7.92. The lowest BCUT2D eigenvalue weighted by Crippen LogP contribution is -2.37. The van der Waals surface area contributed by atoms with Gasteiger partial charge in [-0.3, -0.25) is 0 Å². The fourth-order valence-corrected chi connectivity index (χ4v) is 3.07. The monoisotopic (exact) mass is 345 g/mol. The molecule has 0 aliphatic carbocycles. The third-order valence-corrected chi connectivity index (χ3v) is 4.27. The van der Waals surface area contributed by atoms with E-state index in [1.165, 1.54) is 24.3 Å². The summed E-state index contributed by atoms with van der Waals surface area (Å²) in [5.74, 6) is -0.787. The van der Waals surface area contributed by atoms with Gasteiger partial charge in [-0.15, -0.1) is 0 Å². The molecule has 1 aliphatic rings. The maximum Gasteiger partial charge on any atom is 0.123 e. The molecule has 0 aromatic heterocycles. The molecule has 3 rings (SSSR count). The molecule has 0 bridgehead atoms. The first-order valence-electron chi connectivity index (χ1n) is 7.92. The van der Waals surface area contributed by atoms with E-state index in [9.17, 15) is 14.3 Å². The summed E-state index contributed by atoms with van der Waals surface area (Å²) < 4.78 is 37.9. The van der Waals surface area contributed by atoms with Crippen LogP contribution in [0.15, 0.2) is 53.6 Å². The standard InChI is InChI=1S/C18H17F2N3O2/c19-15-5-1-13(2-6-15)18(22-23-21,11-17-12-24-9-10-25-17)14-3-7-16(20)8-4-14/h1-8,17H,9-12H2. The summed E-state index contributed by atoms with van der Waals surface area (Å²) in [6.45, 7) is 1.33. The molecule has 1 heterocycles. The molecule has 0 N–H and O–H groups in total. The topological polar surface area (TPSA) is 67.2 Å². The maximum atomic E-state index is 13.4. The average Bonchev–Trinajstić information content (AvgIpc) is 2.63. The number of rotatable bonds is 5. The van der Waals surface area contributed by atoms with Crippen molar-refractivity contribution in [3.05, 3.63) is 81.7 Å². The van der Waals surface area contributed by atoms with Crippen molar-refractivity contribution in [1.82, 2.24) is 0 Å². The quantitative estimate of drug-likeness (QED) is 0.460. The van der Waals surface area contributed by atoms with Crippen molar-refractivity contribution in [2.24, 2.45) is 5.11 Å². The molecule has 7 heteroatoms. The lowest BCUT2D eigenvalue weighted by atomic mass is 9.79. The van der Waals surface area contributed by atoms with Crippen LogP contribution in [-0.4, -0.2) is 25.9 Å². The molecule has 1 atom stereocenters. The van der Waals surface area contributed by atoms with Crippen molar-refractivity contribution in [2.75, 3.05) is 19.8 Å². The number of nitrogens with zero attached hydrogens (tertiary/aromatic N) is 3. The number of hydrogen-bond acceptors (Lipinski definition) is 3. The van der Waals surface area contributed by atoms with Gasteiger partial charge in [0.25, 0.3) is 0 Å². The summed E-state index contributed by atoms with van der Waals surface area (Å²) in [7, 11) is 0. The zero-order valence-electron chi connectivity index (χ0n) is 13.4. The smallest absolute Gasteiger partial charge is 0.123 e. The fraction of sp³-hybridized carbons (Fsp3) is 0.333. The maximum absolute atomic E-state index is 13.4. The van der Waals surface area contributed by atoms with Crippen molar-refractivity contribution in [3.8, 4) is 0 Å². The summed E-state index contributed by atoms with van der Waals surface area (Å²) in [6.07, 6.45) is 0.00303. The second-order valence-corrected chi connectivity index (χ2v) is 5.84. The van der Waals surface area contributed by atoms with Crippen LogP contribution >= 0.6 is 0 Å². The Hall–Kier alpha value is -2.47. The predicted molar refractivity (Wildman–Crippen MR) is 87.9 cm³/mol. The van der Waals surface area contributed by atoms with Gasteiger partial charge in [-0.25, -0.2) is 8.78 Å². The van der Waals surface area contributed by atoms with E-state index >= 15 is 0 Å². The van der Waals surface area contributed by atoms with E-state index in [0.717, 1.165) is 0 Å². The highest BCUT2D eigenvalue weighted by atomic mass is 19.1. The lowest BCUT2D eigenvalue weighted by molar-refractivity contribution is -0.0960. The van der Waals surface area contributed by atoms with Crippen molar-refractivity contribution in [2.45, 2.75) is 18.1 Å². The van der Waals surface area contributed by atoms with Gasteiger partial charge in [-0.1, -0.05) is 29.4 Å². The van der Waals surface area contributed by atoms with Crippen molar-refractivity contribution in [1.29, 1.82) is 0 Å². The number of benzene rings is 2. The minimum absolute atomic E-state index is 0.297.